The van der Waals surface area contributed by atoms with Gasteiger partial charge in [0.2, 0.25) is 0 Å². The number of hydrogen-bond donors (Lipinski definition) is 0. The SMILES string of the molecule is COCCN(C)CCn1c(C(C)Cl)nc2c(F)cccc21. The van der Waals surface area contributed by atoms with Crippen LogP contribution >= 0.6 is 11.6 Å². The number of imidazole rings is 1. The van der Waals surface area contributed by atoms with E-state index in [1.807, 2.05) is 24.6 Å². The van der Waals surface area contributed by atoms with Crippen LogP contribution in [0.1, 0.15) is 18.1 Å². The maximum absolute atomic E-state index is 13.9. The maximum atomic E-state index is 13.9. The van der Waals surface area contributed by atoms with E-state index in [4.69, 9.17) is 16.3 Å². The van der Waals surface area contributed by atoms with E-state index in [1.165, 1.54) is 6.07 Å². The Bertz CT molecular complexity index is 600. The van der Waals surface area contributed by atoms with Gasteiger partial charge in [-0.25, -0.2) is 9.37 Å². The van der Waals surface area contributed by atoms with Gasteiger partial charge in [-0.15, -0.1) is 11.6 Å². The molecule has 6 heteroatoms. The molecule has 0 aliphatic carbocycles. The number of benzene rings is 1. The van der Waals surface area contributed by atoms with Crippen molar-refractivity contribution in [2.24, 2.45) is 0 Å². The molecule has 0 aliphatic heterocycles. The topological polar surface area (TPSA) is 30.3 Å². The number of methoxy groups -OCH3 is 1. The molecule has 0 aliphatic rings. The van der Waals surface area contributed by atoms with Crippen LogP contribution in [0.4, 0.5) is 4.39 Å². The third kappa shape index (κ3) is 3.73. The fraction of sp³-hybridized carbons (Fsp3) is 0.533. The second-order valence-corrected chi connectivity index (χ2v) is 5.80. The van der Waals surface area contributed by atoms with Gasteiger partial charge >= 0.3 is 0 Å². The zero-order valence-corrected chi connectivity index (χ0v) is 13.4. The molecule has 0 saturated heterocycles. The molecule has 2 rings (SSSR count). The first-order valence-corrected chi connectivity index (χ1v) is 7.44. The van der Waals surface area contributed by atoms with Gasteiger partial charge in [0.15, 0.2) is 5.82 Å². The summed E-state index contributed by atoms with van der Waals surface area (Å²) < 4.78 is 20.9. The Kier molecular flexibility index (Phi) is 5.56. The molecule has 1 aromatic carbocycles. The number of alkyl halides is 1. The average Bonchev–Trinajstić information content (AvgIpc) is 2.83. The van der Waals surface area contributed by atoms with E-state index in [-0.39, 0.29) is 11.2 Å². The largest absolute Gasteiger partial charge is 0.383 e. The second kappa shape index (κ2) is 7.20. The smallest absolute Gasteiger partial charge is 0.151 e. The lowest BCUT2D eigenvalue weighted by Crippen LogP contribution is -2.27. The highest BCUT2D eigenvalue weighted by Crippen LogP contribution is 2.25. The highest BCUT2D eigenvalue weighted by atomic mass is 35.5. The molecule has 0 bridgehead atoms. The van der Waals surface area contributed by atoms with E-state index >= 15 is 0 Å². The Morgan fingerprint density at radius 3 is 2.86 bits per heavy atom. The van der Waals surface area contributed by atoms with Crippen molar-refractivity contribution in [3.8, 4) is 0 Å². The summed E-state index contributed by atoms with van der Waals surface area (Å²) >= 11 is 6.19. The third-order valence-electron chi connectivity index (χ3n) is 3.50. The van der Waals surface area contributed by atoms with Gasteiger partial charge < -0.3 is 14.2 Å². The number of para-hydroxylation sites is 1. The molecule has 0 fully saturated rings. The predicted molar refractivity (Wildman–Crippen MR) is 83.3 cm³/mol. The molecule has 1 heterocycles. The highest BCUT2D eigenvalue weighted by Gasteiger charge is 2.17. The van der Waals surface area contributed by atoms with Crippen LogP contribution in [0.2, 0.25) is 0 Å². The van der Waals surface area contributed by atoms with Gasteiger partial charge in [-0.2, -0.15) is 0 Å². The molecule has 1 aromatic heterocycles. The summed E-state index contributed by atoms with van der Waals surface area (Å²) in [7, 11) is 3.72. The summed E-state index contributed by atoms with van der Waals surface area (Å²) in [5.41, 5.74) is 1.18. The van der Waals surface area contributed by atoms with E-state index in [1.54, 1.807) is 13.2 Å². The molecular weight excluding hydrogens is 293 g/mol. The fourth-order valence-electron chi connectivity index (χ4n) is 2.30. The summed E-state index contributed by atoms with van der Waals surface area (Å²) in [5, 5.41) is -0.263. The van der Waals surface area contributed by atoms with Crippen molar-refractivity contribution in [2.75, 3.05) is 33.9 Å². The van der Waals surface area contributed by atoms with Crippen LogP contribution in [-0.4, -0.2) is 48.3 Å². The quantitative estimate of drug-likeness (QED) is 0.736. The number of ether oxygens (including phenoxy) is 1. The van der Waals surface area contributed by atoms with Crippen LogP contribution in [0.25, 0.3) is 11.0 Å². The van der Waals surface area contributed by atoms with Crippen LogP contribution in [-0.2, 0) is 11.3 Å². The number of fused-ring (bicyclic) bond motifs is 1. The van der Waals surface area contributed by atoms with Crippen LogP contribution in [0.3, 0.4) is 0 Å². The first kappa shape index (κ1) is 16.2. The molecule has 116 valence electrons. The highest BCUT2D eigenvalue weighted by molar-refractivity contribution is 6.20. The monoisotopic (exact) mass is 313 g/mol. The standard InChI is InChI=1S/C15H21ClFN3O/c1-11(16)15-18-14-12(17)5-4-6-13(14)20(15)8-7-19(2)9-10-21-3/h4-6,11H,7-10H2,1-3H3. The number of halogens is 2. The van der Waals surface area contributed by atoms with E-state index < -0.39 is 0 Å². The molecule has 1 unspecified atom stereocenters. The van der Waals surface area contributed by atoms with Gasteiger partial charge in [-0.1, -0.05) is 6.07 Å². The molecule has 4 nitrogen and oxygen atoms in total. The number of aromatic nitrogens is 2. The van der Waals surface area contributed by atoms with Crippen molar-refractivity contribution >= 4 is 22.6 Å². The van der Waals surface area contributed by atoms with Crippen molar-refractivity contribution in [1.82, 2.24) is 14.5 Å². The maximum Gasteiger partial charge on any atom is 0.151 e. The summed E-state index contributed by atoms with van der Waals surface area (Å²) in [5.74, 6) is 0.398. The Morgan fingerprint density at radius 2 is 2.19 bits per heavy atom. The third-order valence-corrected chi connectivity index (χ3v) is 3.69. The first-order valence-electron chi connectivity index (χ1n) is 7.00. The number of hydrogen-bond acceptors (Lipinski definition) is 3. The molecule has 1 atom stereocenters. The van der Waals surface area contributed by atoms with Gasteiger partial charge in [-0.05, 0) is 26.1 Å². The van der Waals surface area contributed by atoms with E-state index in [2.05, 4.69) is 9.88 Å². The Balaban J connectivity index is 2.25. The molecular formula is C15H21ClFN3O. The lowest BCUT2D eigenvalue weighted by Gasteiger charge is -2.18. The number of likely N-dealkylation sites (N-methyl/N-ethyl adjacent to an activating group) is 1. The zero-order valence-electron chi connectivity index (χ0n) is 12.6. The van der Waals surface area contributed by atoms with Crippen molar-refractivity contribution in [3.63, 3.8) is 0 Å². The van der Waals surface area contributed by atoms with E-state index in [0.717, 1.165) is 18.6 Å². The van der Waals surface area contributed by atoms with Gasteiger partial charge in [0.25, 0.3) is 0 Å². The molecule has 0 saturated carbocycles. The average molecular weight is 314 g/mol. The minimum Gasteiger partial charge on any atom is -0.383 e. The minimum absolute atomic E-state index is 0.263. The minimum atomic E-state index is -0.308. The Hall–Kier alpha value is -1.17. The molecule has 0 spiro atoms. The van der Waals surface area contributed by atoms with Crippen molar-refractivity contribution in [3.05, 3.63) is 29.8 Å². The van der Waals surface area contributed by atoms with Gasteiger partial charge in [0.05, 0.1) is 17.5 Å². The fourth-order valence-corrected chi connectivity index (χ4v) is 2.47. The van der Waals surface area contributed by atoms with Crippen LogP contribution in [0.15, 0.2) is 18.2 Å². The summed E-state index contributed by atoms with van der Waals surface area (Å²) in [6, 6.07) is 5.00. The van der Waals surface area contributed by atoms with E-state index in [0.29, 0.717) is 24.5 Å². The first-order chi connectivity index (χ1) is 10.0. The van der Waals surface area contributed by atoms with Crippen molar-refractivity contribution in [2.45, 2.75) is 18.8 Å². The molecule has 2 aromatic rings. The van der Waals surface area contributed by atoms with Crippen LogP contribution < -0.4 is 0 Å². The lowest BCUT2D eigenvalue weighted by molar-refractivity contribution is 0.159. The number of rotatable bonds is 7. The van der Waals surface area contributed by atoms with Crippen molar-refractivity contribution < 1.29 is 9.13 Å². The predicted octanol–water partition coefficient (Wildman–Crippen LogP) is 3.05. The summed E-state index contributed by atoms with van der Waals surface area (Å²) in [4.78, 5) is 6.53. The molecule has 0 N–H and O–H groups in total. The lowest BCUT2D eigenvalue weighted by atomic mass is 10.3. The van der Waals surface area contributed by atoms with Gasteiger partial charge in [0.1, 0.15) is 11.3 Å². The van der Waals surface area contributed by atoms with Crippen LogP contribution in [0, 0.1) is 5.82 Å². The normalized spacial score (nSPS) is 13.2. The summed E-state index contributed by atoms with van der Waals surface area (Å²) in [6.45, 7) is 4.93. The van der Waals surface area contributed by atoms with Gasteiger partial charge in [-0.3, -0.25) is 0 Å². The zero-order chi connectivity index (χ0) is 15.4. The molecule has 0 amide bonds. The Labute approximate surface area is 129 Å². The molecule has 21 heavy (non-hydrogen) atoms. The molecule has 0 radical (unpaired) electrons. The van der Waals surface area contributed by atoms with Gasteiger partial charge in [0, 0.05) is 26.7 Å². The van der Waals surface area contributed by atoms with Crippen molar-refractivity contribution in [1.29, 1.82) is 0 Å². The number of nitrogens with zero attached hydrogens (tertiary/aromatic N) is 3. The summed E-state index contributed by atoms with van der Waals surface area (Å²) in [6.07, 6.45) is 0. The van der Waals surface area contributed by atoms with Crippen LogP contribution in [0.5, 0.6) is 0 Å². The Morgan fingerprint density at radius 1 is 1.43 bits per heavy atom. The van der Waals surface area contributed by atoms with E-state index in [9.17, 15) is 4.39 Å². The second-order valence-electron chi connectivity index (χ2n) is 5.14.